The topological polar surface area (TPSA) is 55.6 Å². The Balaban J connectivity index is 1.95. The Labute approximate surface area is 124 Å². The second-order valence-corrected chi connectivity index (χ2v) is 5.55. The molecule has 0 spiro atoms. The highest BCUT2D eigenvalue weighted by atomic mass is 32.2. The molecule has 1 aliphatic heterocycles. The first-order valence-electron chi connectivity index (χ1n) is 6.33. The van der Waals surface area contributed by atoms with Crippen LogP contribution in [0.3, 0.4) is 0 Å². The van der Waals surface area contributed by atoms with E-state index in [0.717, 1.165) is 23.9 Å². The van der Waals surface area contributed by atoms with Gasteiger partial charge in [0.15, 0.2) is 0 Å². The molecule has 1 aromatic rings. The molecule has 21 heavy (non-hydrogen) atoms. The summed E-state index contributed by atoms with van der Waals surface area (Å²) in [6, 6.07) is 3.16. The van der Waals surface area contributed by atoms with Gasteiger partial charge in [-0.2, -0.15) is 13.2 Å². The normalized spacial score (nSPS) is 16.0. The Hall–Kier alpha value is -1.41. The Morgan fingerprint density at radius 3 is 2.57 bits per heavy atom. The molecule has 0 saturated carbocycles. The van der Waals surface area contributed by atoms with Crippen molar-refractivity contribution in [2.75, 3.05) is 37.8 Å². The summed E-state index contributed by atoms with van der Waals surface area (Å²) in [6.45, 7) is 2.11. The van der Waals surface area contributed by atoms with Crippen LogP contribution in [0.15, 0.2) is 23.1 Å². The first kappa shape index (κ1) is 16.0. The van der Waals surface area contributed by atoms with Crippen LogP contribution in [0.25, 0.3) is 0 Å². The number of ether oxygens (including phenoxy) is 1. The number of thioether (sulfide) groups is 1. The lowest BCUT2D eigenvalue weighted by Gasteiger charge is -2.26. The minimum atomic E-state index is -4.42. The van der Waals surface area contributed by atoms with E-state index in [1.165, 1.54) is 6.07 Å². The van der Waals surface area contributed by atoms with Crippen molar-refractivity contribution < 1.29 is 22.7 Å². The number of rotatable bonds is 3. The zero-order valence-electron chi connectivity index (χ0n) is 11.2. The highest BCUT2D eigenvalue weighted by Crippen LogP contribution is 2.34. The lowest BCUT2D eigenvalue weighted by Crippen LogP contribution is -2.41. The van der Waals surface area contributed by atoms with Gasteiger partial charge in [-0.15, -0.1) is 11.8 Å². The molecule has 1 fully saturated rings. The molecule has 0 aromatic heterocycles. The number of amides is 1. The molecule has 2 rings (SSSR count). The molecule has 0 bridgehead atoms. The number of anilines is 1. The number of benzene rings is 1. The van der Waals surface area contributed by atoms with E-state index in [9.17, 15) is 18.0 Å². The summed E-state index contributed by atoms with van der Waals surface area (Å²) in [5.41, 5.74) is 4.86. The van der Waals surface area contributed by atoms with Crippen LogP contribution in [-0.4, -0.2) is 42.9 Å². The predicted octanol–water partition coefficient (Wildman–Crippen LogP) is 2.24. The molecule has 2 N–H and O–H groups in total. The number of nitrogen functional groups attached to an aromatic ring is 1. The van der Waals surface area contributed by atoms with Crippen molar-refractivity contribution in [3.05, 3.63) is 23.8 Å². The van der Waals surface area contributed by atoms with Gasteiger partial charge in [-0.05, 0) is 18.2 Å². The summed E-state index contributed by atoms with van der Waals surface area (Å²) < 4.78 is 42.7. The summed E-state index contributed by atoms with van der Waals surface area (Å²) >= 11 is 1.14. The number of nitrogens with zero attached hydrogens (tertiary/aromatic N) is 1. The molecule has 8 heteroatoms. The molecular formula is C13H15F3N2O2S. The predicted molar refractivity (Wildman–Crippen MR) is 74.0 cm³/mol. The molecule has 0 unspecified atom stereocenters. The molecule has 0 atom stereocenters. The Bertz CT molecular complexity index is 517. The van der Waals surface area contributed by atoms with Crippen LogP contribution in [0.5, 0.6) is 0 Å². The fourth-order valence-corrected chi connectivity index (χ4v) is 2.75. The molecule has 1 heterocycles. The molecule has 116 valence electrons. The molecule has 1 amide bonds. The van der Waals surface area contributed by atoms with Gasteiger partial charge >= 0.3 is 6.18 Å². The number of hydrogen-bond acceptors (Lipinski definition) is 4. The third-order valence-electron chi connectivity index (χ3n) is 3.05. The van der Waals surface area contributed by atoms with Crippen molar-refractivity contribution in [1.29, 1.82) is 0 Å². The number of hydrogen-bond donors (Lipinski definition) is 1. The van der Waals surface area contributed by atoms with E-state index in [2.05, 4.69) is 0 Å². The van der Waals surface area contributed by atoms with Gasteiger partial charge in [0.25, 0.3) is 0 Å². The molecule has 0 aliphatic carbocycles. The lowest BCUT2D eigenvalue weighted by molar-refractivity contribution is -0.137. The lowest BCUT2D eigenvalue weighted by atomic mass is 10.2. The molecule has 1 aliphatic rings. The van der Waals surface area contributed by atoms with Crippen molar-refractivity contribution in [2.24, 2.45) is 0 Å². The van der Waals surface area contributed by atoms with Crippen LogP contribution in [0.4, 0.5) is 18.9 Å². The minimum absolute atomic E-state index is 0.0320. The van der Waals surface area contributed by atoms with Crippen molar-refractivity contribution >= 4 is 23.4 Å². The van der Waals surface area contributed by atoms with E-state index in [0.29, 0.717) is 31.2 Å². The maximum atomic E-state index is 12.5. The SMILES string of the molecule is Nc1cc(C(F)(F)F)ccc1SCC(=O)N1CCOCC1. The first-order chi connectivity index (χ1) is 9.88. The zero-order chi connectivity index (χ0) is 15.5. The third kappa shape index (κ3) is 4.28. The van der Waals surface area contributed by atoms with E-state index in [4.69, 9.17) is 10.5 Å². The third-order valence-corrected chi connectivity index (χ3v) is 4.13. The maximum Gasteiger partial charge on any atom is 0.416 e. The Morgan fingerprint density at radius 2 is 2.00 bits per heavy atom. The van der Waals surface area contributed by atoms with Gasteiger partial charge in [0.1, 0.15) is 0 Å². The zero-order valence-corrected chi connectivity index (χ0v) is 12.0. The van der Waals surface area contributed by atoms with Gasteiger partial charge in [0.2, 0.25) is 5.91 Å². The molecule has 1 saturated heterocycles. The van der Waals surface area contributed by atoms with E-state index in [-0.39, 0.29) is 17.3 Å². The average Bonchev–Trinajstić information content (AvgIpc) is 2.45. The van der Waals surface area contributed by atoms with Crippen molar-refractivity contribution in [3.63, 3.8) is 0 Å². The standard InChI is InChI=1S/C13H15F3N2O2S/c14-13(15,16)9-1-2-11(10(17)7-9)21-8-12(19)18-3-5-20-6-4-18/h1-2,7H,3-6,8,17H2. The first-order valence-corrected chi connectivity index (χ1v) is 7.31. The van der Waals surface area contributed by atoms with E-state index >= 15 is 0 Å². The molecule has 4 nitrogen and oxygen atoms in total. The quantitative estimate of drug-likeness (QED) is 0.685. The Kier molecular flexibility index (Phi) is 5.00. The number of halogens is 3. The largest absolute Gasteiger partial charge is 0.416 e. The average molecular weight is 320 g/mol. The Morgan fingerprint density at radius 1 is 1.33 bits per heavy atom. The van der Waals surface area contributed by atoms with Gasteiger partial charge in [0.05, 0.1) is 24.5 Å². The van der Waals surface area contributed by atoms with Crippen LogP contribution in [0, 0.1) is 0 Å². The summed E-state index contributed by atoms with van der Waals surface area (Å²) in [7, 11) is 0. The van der Waals surface area contributed by atoms with Crippen molar-refractivity contribution in [3.8, 4) is 0 Å². The number of alkyl halides is 3. The number of morpholine rings is 1. The van der Waals surface area contributed by atoms with Crippen molar-refractivity contribution in [1.82, 2.24) is 4.90 Å². The van der Waals surface area contributed by atoms with Crippen LogP contribution in [0.1, 0.15) is 5.56 Å². The van der Waals surface area contributed by atoms with E-state index < -0.39 is 11.7 Å². The highest BCUT2D eigenvalue weighted by molar-refractivity contribution is 8.00. The van der Waals surface area contributed by atoms with Crippen LogP contribution in [-0.2, 0) is 15.7 Å². The fourth-order valence-electron chi connectivity index (χ4n) is 1.90. The summed E-state index contributed by atoms with van der Waals surface area (Å²) in [5.74, 6) is 0.0813. The number of nitrogens with two attached hydrogens (primary N) is 1. The summed E-state index contributed by atoms with van der Waals surface area (Å²) in [6.07, 6.45) is -4.42. The minimum Gasteiger partial charge on any atom is -0.398 e. The second-order valence-electron chi connectivity index (χ2n) is 4.53. The maximum absolute atomic E-state index is 12.5. The fraction of sp³-hybridized carbons (Fsp3) is 0.462. The van der Waals surface area contributed by atoms with Gasteiger partial charge in [0, 0.05) is 23.7 Å². The molecule has 1 aromatic carbocycles. The summed E-state index contributed by atoms with van der Waals surface area (Å²) in [5, 5.41) is 0. The van der Waals surface area contributed by atoms with Crippen molar-refractivity contribution in [2.45, 2.75) is 11.1 Å². The smallest absolute Gasteiger partial charge is 0.398 e. The number of carbonyl (C=O) groups is 1. The van der Waals surface area contributed by atoms with Crippen LogP contribution < -0.4 is 5.73 Å². The number of carbonyl (C=O) groups excluding carboxylic acids is 1. The van der Waals surface area contributed by atoms with Crippen LogP contribution in [0.2, 0.25) is 0 Å². The van der Waals surface area contributed by atoms with E-state index in [1.807, 2.05) is 0 Å². The molecule has 0 radical (unpaired) electrons. The van der Waals surface area contributed by atoms with Gasteiger partial charge in [-0.3, -0.25) is 4.79 Å². The van der Waals surface area contributed by atoms with Gasteiger partial charge < -0.3 is 15.4 Å². The van der Waals surface area contributed by atoms with Crippen LogP contribution >= 0.6 is 11.8 Å². The molecular weight excluding hydrogens is 305 g/mol. The summed E-state index contributed by atoms with van der Waals surface area (Å²) in [4.78, 5) is 14.1. The second kappa shape index (κ2) is 6.57. The monoisotopic (exact) mass is 320 g/mol. The van der Waals surface area contributed by atoms with Gasteiger partial charge in [-0.25, -0.2) is 0 Å². The van der Waals surface area contributed by atoms with E-state index in [1.54, 1.807) is 4.90 Å². The highest BCUT2D eigenvalue weighted by Gasteiger charge is 2.30. The van der Waals surface area contributed by atoms with Gasteiger partial charge in [-0.1, -0.05) is 0 Å².